The molecule has 0 saturated heterocycles. The van der Waals surface area contributed by atoms with Crippen LogP contribution in [0.1, 0.15) is 239 Å². The Kier molecular flexibility index (Phi) is 52.9. The first kappa shape index (κ1) is 70.4. The molecule has 0 saturated carbocycles. The number of aliphatic hydroxyl groups excluding tert-OH is 1. The second-order valence-corrected chi connectivity index (χ2v) is 20.5. The molecule has 0 aliphatic rings. The third-order valence-corrected chi connectivity index (χ3v) is 12.9. The van der Waals surface area contributed by atoms with Crippen molar-refractivity contribution in [3.05, 3.63) is 97.2 Å². The van der Waals surface area contributed by atoms with Crippen LogP contribution in [0.3, 0.4) is 0 Å². The lowest BCUT2D eigenvalue weighted by Gasteiger charge is -2.21. The second-order valence-electron chi connectivity index (χ2n) is 19.1. The predicted molar refractivity (Wildman–Crippen MR) is 307 cm³/mol. The topological polar surface area (TPSA) is 155 Å². The number of hydrogen-bond donors (Lipinski definition) is 2. The summed E-state index contributed by atoms with van der Waals surface area (Å²) in [6, 6.07) is 0. The average Bonchev–Trinajstić information content (AvgIpc) is 3.39. The van der Waals surface area contributed by atoms with Gasteiger partial charge in [-0.3, -0.25) is 23.4 Å². The fourth-order valence-electron chi connectivity index (χ4n) is 7.53. The monoisotopic (exact) mass is 1060 g/mol. The summed E-state index contributed by atoms with van der Waals surface area (Å²) in [6.45, 7) is 4.37. The molecule has 74 heavy (non-hydrogen) atoms. The van der Waals surface area contributed by atoms with Crippen LogP contribution in [0.25, 0.3) is 0 Å². The van der Waals surface area contributed by atoms with Crippen molar-refractivity contribution in [2.45, 2.75) is 251 Å². The van der Waals surface area contributed by atoms with E-state index in [0.717, 1.165) is 122 Å². The fraction of sp³-hybridized carbons (Fsp3) is 0.694. The Hall–Kier alpha value is -3.60. The highest BCUT2D eigenvalue weighted by Gasteiger charge is 2.28. The zero-order valence-electron chi connectivity index (χ0n) is 46.8. The van der Waals surface area contributed by atoms with E-state index in [4.69, 9.17) is 23.3 Å². The first-order valence-corrected chi connectivity index (χ1v) is 30.6. The van der Waals surface area contributed by atoms with Crippen molar-refractivity contribution in [3.8, 4) is 0 Å². The third-order valence-electron chi connectivity index (χ3n) is 11.9. The summed E-state index contributed by atoms with van der Waals surface area (Å²) < 4.78 is 39.5. The number of phosphoric ester groups is 1. The lowest BCUT2D eigenvalue weighted by molar-refractivity contribution is -0.161. The molecule has 0 radical (unpaired) electrons. The van der Waals surface area contributed by atoms with Crippen LogP contribution in [0.4, 0.5) is 0 Å². The Morgan fingerprint density at radius 3 is 1.16 bits per heavy atom. The van der Waals surface area contributed by atoms with Gasteiger partial charge in [-0.2, -0.15) is 0 Å². The normalized spacial score (nSPS) is 14.1. The molecule has 0 aromatic carbocycles. The van der Waals surface area contributed by atoms with E-state index in [0.29, 0.717) is 19.3 Å². The minimum absolute atomic E-state index is 0.110. The maximum Gasteiger partial charge on any atom is 0.472 e. The largest absolute Gasteiger partial charge is 0.472 e. The first-order chi connectivity index (χ1) is 36.2. The number of aliphatic hydroxyl groups is 1. The van der Waals surface area contributed by atoms with E-state index >= 15 is 0 Å². The Morgan fingerprint density at radius 2 is 0.730 bits per heavy atom. The molecular weight excluding hydrogens is 952 g/mol. The maximum atomic E-state index is 12.9. The number of ether oxygens (including phenoxy) is 3. The van der Waals surface area contributed by atoms with Crippen molar-refractivity contribution in [3.63, 3.8) is 0 Å². The fourth-order valence-corrected chi connectivity index (χ4v) is 8.32. The average molecular weight is 1060 g/mol. The van der Waals surface area contributed by atoms with E-state index in [9.17, 15) is 28.9 Å². The highest BCUT2D eigenvalue weighted by atomic mass is 31.2. The van der Waals surface area contributed by atoms with Gasteiger partial charge in [0.15, 0.2) is 6.10 Å². The first-order valence-electron chi connectivity index (χ1n) is 29.1. The van der Waals surface area contributed by atoms with Gasteiger partial charge < -0.3 is 24.2 Å². The summed E-state index contributed by atoms with van der Waals surface area (Å²) >= 11 is 0. The molecule has 0 amide bonds. The molecule has 12 heteroatoms. The van der Waals surface area contributed by atoms with Crippen molar-refractivity contribution >= 4 is 25.7 Å². The molecule has 424 valence electrons. The van der Waals surface area contributed by atoms with E-state index in [1.54, 1.807) is 0 Å². The van der Waals surface area contributed by atoms with Gasteiger partial charge in [0.25, 0.3) is 0 Å². The van der Waals surface area contributed by atoms with Gasteiger partial charge in [-0.25, -0.2) is 4.57 Å². The van der Waals surface area contributed by atoms with Gasteiger partial charge in [0.2, 0.25) is 0 Å². The SMILES string of the molecule is CC/C=C\C/C=C\C/C=C\C/C=C\CCCCC(=O)OC(COC(=O)CCCCCCCCCCC/C=C\C/C=C\CCCCC)COP(=O)(O)OCC(CO)OC(=O)CCCCCCC/C=C\C/C=C\CCC. The minimum Gasteiger partial charge on any atom is -0.462 e. The number of unbranched alkanes of at least 4 members (excludes halogenated alkanes) is 20. The lowest BCUT2D eigenvalue weighted by atomic mass is 10.1. The highest BCUT2D eigenvalue weighted by Crippen LogP contribution is 2.43. The van der Waals surface area contributed by atoms with E-state index in [1.807, 2.05) is 0 Å². The van der Waals surface area contributed by atoms with Crippen molar-refractivity contribution in [2.75, 3.05) is 26.4 Å². The molecule has 0 aromatic heterocycles. The van der Waals surface area contributed by atoms with Crippen LogP contribution in [0.2, 0.25) is 0 Å². The molecule has 0 heterocycles. The molecule has 0 bridgehead atoms. The Labute approximate surface area is 451 Å². The molecule has 0 aliphatic heterocycles. The number of allylic oxidation sites excluding steroid dienone is 16. The van der Waals surface area contributed by atoms with Gasteiger partial charge in [0.05, 0.1) is 19.8 Å². The lowest BCUT2D eigenvalue weighted by Crippen LogP contribution is -2.30. The number of carbonyl (C=O) groups excluding carboxylic acids is 3. The van der Waals surface area contributed by atoms with Gasteiger partial charge in [0, 0.05) is 19.3 Å². The van der Waals surface area contributed by atoms with Crippen molar-refractivity contribution in [1.29, 1.82) is 0 Å². The van der Waals surface area contributed by atoms with Gasteiger partial charge >= 0.3 is 25.7 Å². The molecule has 0 aromatic rings. The van der Waals surface area contributed by atoms with Crippen molar-refractivity contribution in [2.24, 2.45) is 0 Å². The van der Waals surface area contributed by atoms with Gasteiger partial charge in [-0.15, -0.1) is 0 Å². The number of phosphoric acid groups is 1. The van der Waals surface area contributed by atoms with Crippen molar-refractivity contribution < 1.29 is 52.2 Å². The third kappa shape index (κ3) is 53.2. The van der Waals surface area contributed by atoms with Crippen LogP contribution in [0, 0.1) is 0 Å². The van der Waals surface area contributed by atoms with Crippen LogP contribution in [0.5, 0.6) is 0 Å². The number of hydrogen-bond acceptors (Lipinski definition) is 10. The van der Waals surface area contributed by atoms with Gasteiger partial charge in [-0.05, 0) is 116 Å². The quantitative estimate of drug-likeness (QED) is 0.0197. The van der Waals surface area contributed by atoms with Crippen LogP contribution in [-0.2, 0) is 42.2 Å². The molecular formula is C62H105O11P. The predicted octanol–water partition coefficient (Wildman–Crippen LogP) is 17.3. The number of rotatable bonds is 53. The van der Waals surface area contributed by atoms with E-state index in [2.05, 4.69) is 118 Å². The summed E-state index contributed by atoms with van der Waals surface area (Å²) in [5.41, 5.74) is 0. The molecule has 3 atom stereocenters. The van der Waals surface area contributed by atoms with Crippen LogP contribution in [0.15, 0.2) is 97.2 Å². The van der Waals surface area contributed by atoms with E-state index in [1.165, 1.54) is 57.8 Å². The number of esters is 3. The highest BCUT2D eigenvalue weighted by molar-refractivity contribution is 7.47. The molecule has 2 N–H and O–H groups in total. The van der Waals surface area contributed by atoms with Crippen LogP contribution >= 0.6 is 7.82 Å². The van der Waals surface area contributed by atoms with E-state index < -0.39 is 57.8 Å². The Morgan fingerprint density at radius 1 is 0.392 bits per heavy atom. The zero-order valence-corrected chi connectivity index (χ0v) is 47.7. The molecule has 0 aliphatic carbocycles. The van der Waals surface area contributed by atoms with Crippen LogP contribution in [-0.4, -0.2) is 66.5 Å². The molecule has 0 rings (SSSR count). The maximum absolute atomic E-state index is 12.9. The summed E-state index contributed by atoms with van der Waals surface area (Å²) in [4.78, 5) is 48.5. The Bertz CT molecular complexity index is 1610. The summed E-state index contributed by atoms with van der Waals surface area (Å²) in [6.07, 6.45) is 65.1. The summed E-state index contributed by atoms with van der Waals surface area (Å²) in [7, 11) is -4.77. The summed E-state index contributed by atoms with van der Waals surface area (Å²) in [5, 5.41) is 9.80. The molecule has 11 nitrogen and oxygen atoms in total. The molecule has 0 spiro atoms. The second kappa shape index (κ2) is 55.6. The minimum atomic E-state index is -4.77. The molecule has 0 fully saturated rings. The zero-order chi connectivity index (χ0) is 54.1. The standard InChI is InChI=1S/C62H105O11P/c1-4-7-10-13-16-19-22-25-27-28-29-30-32-34-36-39-42-45-48-51-60(64)69-55-59(73-62(66)53-50-47-44-41-38-35-31-26-23-20-17-14-11-8-5-2)57-71-74(67,68)70-56-58(54-63)72-61(65)52-49-46-43-40-37-33-24-21-18-15-12-9-6-3/h8,11-12,15-17,19-21,24-27,31,38,41,58-59,63H,4-7,9-10,13-14,18,22-23,28-30,32-37,39-40,42-57H2,1-3H3,(H,67,68)/b11-8-,15-12-,19-16-,20-17-,24-21-,27-25-,31-26-,41-38-. The van der Waals surface area contributed by atoms with Gasteiger partial charge in [0.1, 0.15) is 12.7 Å². The van der Waals surface area contributed by atoms with Crippen molar-refractivity contribution in [1.82, 2.24) is 0 Å². The number of carbonyl (C=O) groups is 3. The van der Waals surface area contributed by atoms with E-state index in [-0.39, 0.29) is 25.9 Å². The van der Waals surface area contributed by atoms with Crippen LogP contribution < -0.4 is 0 Å². The summed E-state index contributed by atoms with van der Waals surface area (Å²) in [5.74, 6) is -1.54. The smallest absolute Gasteiger partial charge is 0.462 e. The Balaban J connectivity index is 4.78. The molecule has 3 unspecified atom stereocenters. The van der Waals surface area contributed by atoms with Gasteiger partial charge in [-0.1, -0.05) is 201 Å².